The molecular weight excluding hydrogens is 272 g/mol. The van der Waals surface area contributed by atoms with Crippen LogP contribution < -0.4 is 0 Å². The maximum Gasteiger partial charge on any atom is 0.335 e. The first-order chi connectivity index (χ1) is 9.37. The van der Waals surface area contributed by atoms with Gasteiger partial charge in [0.15, 0.2) is 0 Å². The molecule has 0 bridgehead atoms. The number of hydrogen-bond donors (Lipinski definition) is 0. The van der Waals surface area contributed by atoms with Crippen LogP contribution in [0.5, 0.6) is 0 Å². The summed E-state index contributed by atoms with van der Waals surface area (Å²) in [6, 6.07) is 0. The smallest absolute Gasteiger partial charge is 0.335 e. The predicted octanol–water partition coefficient (Wildman–Crippen LogP) is -0.309. The molecule has 0 amide bonds. The summed E-state index contributed by atoms with van der Waals surface area (Å²) >= 11 is 0. The molecule has 0 aromatic carbocycles. The van der Waals surface area contributed by atoms with Crippen molar-refractivity contribution in [1.82, 2.24) is 0 Å². The maximum atomic E-state index is 12.0. The highest BCUT2D eigenvalue weighted by Crippen LogP contribution is 2.36. The molecule has 1 unspecified atom stereocenters. The van der Waals surface area contributed by atoms with E-state index < -0.39 is 35.2 Å². The Hall–Kier alpha value is -2.12. The van der Waals surface area contributed by atoms with Crippen molar-refractivity contribution in [2.75, 3.05) is 28.4 Å². The molecule has 0 heterocycles. The van der Waals surface area contributed by atoms with Gasteiger partial charge in [0.1, 0.15) is 0 Å². The summed E-state index contributed by atoms with van der Waals surface area (Å²) in [5.41, 5.74) is -2.54. The number of methoxy groups -OCH3 is 4. The van der Waals surface area contributed by atoms with Crippen LogP contribution in [0.1, 0.15) is 13.3 Å². The number of esters is 4. The molecule has 8 heteroatoms. The molecular formula is C12H18O8. The topological polar surface area (TPSA) is 105 Å². The van der Waals surface area contributed by atoms with Gasteiger partial charge in [-0.3, -0.25) is 19.2 Å². The van der Waals surface area contributed by atoms with Crippen molar-refractivity contribution in [3.05, 3.63) is 0 Å². The van der Waals surface area contributed by atoms with E-state index in [0.717, 1.165) is 28.4 Å². The molecule has 0 radical (unpaired) electrons. The maximum absolute atomic E-state index is 12.0. The van der Waals surface area contributed by atoms with Crippen molar-refractivity contribution in [3.8, 4) is 0 Å². The molecule has 0 aliphatic rings. The molecule has 0 fully saturated rings. The van der Waals surface area contributed by atoms with Gasteiger partial charge in [-0.15, -0.1) is 0 Å². The van der Waals surface area contributed by atoms with Crippen molar-refractivity contribution in [2.45, 2.75) is 13.3 Å². The molecule has 0 aromatic heterocycles. The molecule has 1 atom stereocenters. The minimum Gasteiger partial charge on any atom is -0.469 e. The van der Waals surface area contributed by atoms with E-state index in [0.29, 0.717) is 0 Å². The van der Waals surface area contributed by atoms with Crippen LogP contribution >= 0.6 is 0 Å². The van der Waals surface area contributed by atoms with Crippen LogP contribution in [0, 0.1) is 11.3 Å². The minimum absolute atomic E-state index is 0.0357. The summed E-state index contributed by atoms with van der Waals surface area (Å²) in [7, 11) is 4.01. The normalized spacial score (nSPS) is 12.1. The Labute approximate surface area is 116 Å². The minimum atomic E-state index is -2.54. The Kier molecular flexibility index (Phi) is 6.67. The third kappa shape index (κ3) is 2.73. The highest BCUT2D eigenvalue weighted by Gasteiger charge is 2.64. The number of carbonyl (C=O) groups is 4. The van der Waals surface area contributed by atoms with E-state index in [1.54, 1.807) is 0 Å². The highest BCUT2D eigenvalue weighted by molar-refractivity contribution is 6.20. The predicted molar refractivity (Wildman–Crippen MR) is 64.3 cm³/mol. The lowest BCUT2D eigenvalue weighted by Gasteiger charge is -2.30. The Bertz CT molecular complexity index is 359. The zero-order valence-electron chi connectivity index (χ0n) is 12.1. The van der Waals surface area contributed by atoms with E-state index in [2.05, 4.69) is 18.9 Å². The van der Waals surface area contributed by atoms with Gasteiger partial charge >= 0.3 is 23.9 Å². The van der Waals surface area contributed by atoms with Gasteiger partial charge in [0.2, 0.25) is 0 Å². The zero-order valence-corrected chi connectivity index (χ0v) is 12.1. The third-order valence-corrected chi connectivity index (χ3v) is 2.94. The van der Waals surface area contributed by atoms with Crippen LogP contribution in [0.25, 0.3) is 0 Å². The Balaban J connectivity index is 6.23. The number of carbonyl (C=O) groups excluding carboxylic acids is 4. The van der Waals surface area contributed by atoms with Gasteiger partial charge in [-0.05, 0) is 6.42 Å². The van der Waals surface area contributed by atoms with Crippen molar-refractivity contribution >= 4 is 23.9 Å². The number of rotatable bonds is 6. The Morgan fingerprint density at radius 1 is 0.800 bits per heavy atom. The third-order valence-electron chi connectivity index (χ3n) is 2.94. The van der Waals surface area contributed by atoms with E-state index in [-0.39, 0.29) is 6.42 Å². The first-order valence-electron chi connectivity index (χ1n) is 5.71. The average Bonchev–Trinajstić information content (AvgIpc) is 2.49. The van der Waals surface area contributed by atoms with Gasteiger partial charge in [-0.25, -0.2) is 0 Å². The summed E-state index contributed by atoms with van der Waals surface area (Å²) in [6.07, 6.45) is -0.0357. The summed E-state index contributed by atoms with van der Waals surface area (Å²) < 4.78 is 18.0. The Morgan fingerprint density at radius 3 is 1.35 bits per heavy atom. The number of hydrogen-bond acceptors (Lipinski definition) is 8. The second-order valence-electron chi connectivity index (χ2n) is 3.77. The average molecular weight is 290 g/mol. The molecule has 0 saturated heterocycles. The first kappa shape index (κ1) is 17.9. The molecule has 0 saturated carbocycles. The van der Waals surface area contributed by atoms with Crippen LogP contribution in [-0.2, 0) is 38.1 Å². The van der Waals surface area contributed by atoms with Gasteiger partial charge in [0, 0.05) is 0 Å². The first-order valence-corrected chi connectivity index (χ1v) is 5.71. The second kappa shape index (κ2) is 7.46. The highest BCUT2D eigenvalue weighted by atomic mass is 16.6. The van der Waals surface area contributed by atoms with Crippen molar-refractivity contribution in [1.29, 1.82) is 0 Å². The molecule has 20 heavy (non-hydrogen) atoms. The summed E-state index contributed by atoms with van der Waals surface area (Å²) in [5, 5.41) is 0. The molecule has 8 nitrogen and oxygen atoms in total. The van der Waals surface area contributed by atoms with E-state index in [1.165, 1.54) is 6.92 Å². The SMILES string of the molecule is CCC(C(=O)OC)C(C(=O)OC)(C(=O)OC)C(=O)OC. The zero-order chi connectivity index (χ0) is 15.9. The van der Waals surface area contributed by atoms with Gasteiger partial charge in [0.25, 0.3) is 5.41 Å². The molecule has 0 N–H and O–H groups in total. The van der Waals surface area contributed by atoms with E-state index in [1.807, 2.05) is 0 Å². The van der Waals surface area contributed by atoms with Gasteiger partial charge in [-0.1, -0.05) is 6.92 Å². The molecule has 0 spiro atoms. The van der Waals surface area contributed by atoms with Crippen LogP contribution in [0.3, 0.4) is 0 Å². The van der Waals surface area contributed by atoms with Crippen molar-refractivity contribution < 1.29 is 38.1 Å². The fourth-order valence-corrected chi connectivity index (χ4v) is 1.95. The summed E-state index contributed by atoms with van der Waals surface area (Å²) in [6.45, 7) is 1.51. The molecule has 0 rings (SSSR count). The molecule has 0 aromatic rings. The second-order valence-corrected chi connectivity index (χ2v) is 3.77. The van der Waals surface area contributed by atoms with Crippen molar-refractivity contribution in [3.63, 3.8) is 0 Å². The largest absolute Gasteiger partial charge is 0.469 e. The van der Waals surface area contributed by atoms with Crippen molar-refractivity contribution in [2.24, 2.45) is 11.3 Å². The summed E-state index contributed by atoms with van der Waals surface area (Å²) in [4.78, 5) is 47.9. The molecule has 114 valence electrons. The van der Waals surface area contributed by atoms with E-state index in [9.17, 15) is 19.2 Å². The lowest BCUT2D eigenvalue weighted by atomic mass is 9.73. The van der Waals surface area contributed by atoms with E-state index in [4.69, 9.17) is 0 Å². The standard InChI is InChI=1S/C12H18O8/c1-6-7(8(13)17-2)12(9(14)18-3,10(15)19-4)11(16)20-5/h7H,6H2,1-5H3. The van der Waals surface area contributed by atoms with Crippen LogP contribution in [0.15, 0.2) is 0 Å². The quantitative estimate of drug-likeness (QED) is 0.372. The van der Waals surface area contributed by atoms with Gasteiger partial charge in [-0.2, -0.15) is 0 Å². The lowest BCUT2D eigenvalue weighted by Crippen LogP contribution is -2.56. The summed E-state index contributed by atoms with van der Waals surface area (Å²) in [5.74, 6) is -6.07. The Morgan fingerprint density at radius 2 is 1.15 bits per heavy atom. The molecule has 0 aliphatic heterocycles. The fraction of sp³-hybridized carbons (Fsp3) is 0.667. The fourth-order valence-electron chi connectivity index (χ4n) is 1.95. The molecule has 0 aliphatic carbocycles. The van der Waals surface area contributed by atoms with E-state index >= 15 is 0 Å². The van der Waals surface area contributed by atoms with Crippen LogP contribution in [0.4, 0.5) is 0 Å². The number of ether oxygens (including phenoxy) is 4. The monoisotopic (exact) mass is 290 g/mol. The van der Waals surface area contributed by atoms with Gasteiger partial charge in [0.05, 0.1) is 34.4 Å². The lowest BCUT2D eigenvalue weighted by molar-refractivity contribution is -0.190. The van der Waals surface area contributed by atoms with Crippen LogP contribution in [-0.4, -0.2) is 52.3 Å². The van der Waals surface area contributed by atoms with Gasteiger partial charge < -0.3 is 18.9 Å². The van der Waals surface area contributed by atoms with Crippen LogP contribution in [0.2, 0.25) is 0 Å².